The minimum atomic E-state index is -0.532. The lowest BCUT2D eigenvalue weighted by Crippen LogP contribution is -2.49. The number of fused-ring (bicyclic) bond motifs is 1. The highest BCUT2D eigenvalue weighted by Gasteiger charge is 2.42. The maximum Gasteiger partial charge on any atom is 0.410 e. The zero-order valence-electron chi connectivity index (χ0n) is 15.9. The quantitative estimate of drug-likeness (QED) is 0.611. The summed E-state index contributed by atoms with van der Waals surface area (Å²) in [5.74, 6) is -0.00486. The first kappa shape index (κ1) is 19.4. The predicted molar refractivity (Wildman–Crippen MR) is 105 cm³/mol. The Hall–Kier alpha value is -1.36. The van der Waals surface area contributed by atoms with Crippen LogP contribution in [-0.4, -0.2) is 35.0 Å². The summed E-state index contributed by atoms with van der Waals surface area (Å²) in [6, 6.07) is 5.71. The van der Waals surface area contributed by atoms with Crippen molar-refractivity contribution in [1.29, 1.82) is 0 Å². The number of ether oxygens (including phenoxy) is 1. The minimum absolute atomic E-state index is 0.0862. The fraction of sp³-hybridized carbons (Fsp3) is 0.619. The van der Waals surface area contributed by atoms with Crippen LogP contribution in [0.1, 0.15) is 68.8 Å². The molecule has 0 radical (unpaired) electrons. The molecule has 0 bridgehead atoms. The number of halogens is 1. The number of carbonyl (C=O) groups is 2. The molecule has 1 heterocycles. The minimum Gasteiger partial charge on any atom is -0.444 e. The van der Waals surface area contributed by atoms with Crippen LogP contribution < -0.4 is 0 Å². The lowest BCUT2D eigenvalue weighted by molar-refractivity contribution is 0.00727. The lowest BCUT2D eigenvalue weighted by atomic mass is 9.88. The van der Waals surface area contributed by atoms with Gasteiger partial charge in [-0.25, -0.2) is 4.79 Å². The Morgan fingerprint density at radius 3 is 2.62 bits per heavy atom. The molecular weight excluding hydrogens is 394 g/mol. The first-order valence-electron chi connectivity index (χ1n) is 9.59. The second-order valence-electron chi connectivity index (χ2n) is 8.38. The fourth-order valence-corrected chi connectivity index (χ4v) is 4.62. The van der Waals surface area contributed by atoms with E-state index in [4.69, 9.17) is 4.74 Å². The van der Waals surface area contributed by atoms with Crippen LogP contribution in [0.4, 0.5) is 4.79 Å². The third-order valence-corrected chi connectivity index (χ3v) is 6.03. The molecule has 2 unspecified atom stereocenters. The molecule has 0 spiro atoms. The summed E-state index contributed by atoms with van der Waals surface area (Å²) in [5, 5.41) is 0. The summed E-state index contributed by atoms with van der Waals surface area (Å²) in [7, 11) is 0. The highest BCUT2D eigenvalue weighted by Crippen LogP contribution is 2.37. The van der Waals surface area contributed by atoms with Crippen LogP contribution in [0.5, 0.6) is 0 Å². The van der Waals surface area contributed by atoms with Crippen molar-refractivity contribution >= 4 is 27.8 Å². The van der Waals surface area contributed by atoms with Crippen LogP contribution in [0.2, 0.25) is 0 Å². The number of amides is 1. The highest BCUT2D eigenvalue weighted by molar-refractivity contribution is 9.10. The molecule has 1 aliphatic carbocycles. The summed E-state index contributed by atoms with van der Waals surface area (Å²) in [5.41, 5.74) is 1.35. The maximum atomic E-state index is 13.1. The largest absolute Gasteiger partial charge is 0.444 e. The number of rotatable bonds is 1. The Bertz CT molecular complexity index is 695. The topological polar surface area (TPSA) is 46.6 Å². The zero-order chi connectivity index (χ0) is 18.9. The van der Waals surface area contributed by atoms with Crippen LogP contribution in [0.3, 0.4) is 0 Å². The van der Waals surface area contributed by atoms with Gasteiger partial charge in [0, 0.05) is 28.5 Å². The van der Waals surface area contributed by atoms with E-state index in [-0.39, 0.29) is 23.8 Å². The van der Waals surface area contributed by atoms with Crippen LogP contribution in [0.15, 0.2) is 22.7 Å². The van der Waals surface area contributed by atoms with E-state index >= 15 is 0 Å². The molecule has 1 fully saturated rings. The van der Waals surface area contributed by atoms with Gasteiger partial charge in [-0.2, -0.15) is 0 Å². The number of hydrogen-bond acceptors (Lipinski definition) is 3. The molecule has 2 atom stereocenters. The standard InChI is InChI=1S/C21H28BrNO3/c1-21(2,3)26-20(25)23-12-7-5-4-6-11-18(23)16-13-15-14(19(16)24)9-8-10-17(15)22/h8-10,16,18H,4-7,11-13H2,1-3H3. The van der Waals surface area contributed by atoms with Crippen LogP contribution >= 0.6 is 15.9 Å². The first-order chi connectivity index (χ1) is 12.3. The van der Waals surface area contributed by atoms with E-state index in [1.807, 2.05) is 43.9 Å². The monoisotopic (exact) mass is 421 g/mol. The Kier molecular flexibility index (Phi) is 5.75. The van der Waals surface area contributed by atoms with Crippen LogP contribution in [-0.2, 0) is 11.2 Å². The van der Waals surface area contributed by atoms with E-state index in [1.165, 1.54) is 0 Å². The molecule has 5 heteroatoms. The van der Waals surface area contributed by atoms with Crippen molar-refractivity contribution in [2.75, 3.05) is 6.54 Å². The van der Waals surface area contributed by atoms with E-state index in [1.54, 1.807) is 0 Å². The number of likely N-dealkylation sites (tertiary alicyclic amines) is 1. The van der Waals surface area contributed by atoms with Crippen molar-refractivity contribution < 1.29 is 14.3 Å². The predicted octanol–water partition coefficient (Wildman–Crippen LogP) is 5.37. The summed E-state index contributed by atoms with van der Waals surface area (Å²) in [6.07, 6.45) is 5.57. The number of ketones is 1. The first-order valence-corrected chi connectivity index (χ1v) is 10.4. The fourth-order valence-electron chi connectivity index (χ4n) is 4.10. The maximum absolute atomic E-state index is 13.1. The second kappa shape index (κ2) is 7.71. The molecule has 0 N–H and O–H groups in total. The van der Waals surface area contributed by atoms with E-state index in [0.717, 1.165) is 47.7 Å². The summed E-state index contributed by atoms with van der Waals surface area (Å²) >= 11 is 3.58. The van der Waals surface area contributed by atoms with Crippen molar-refractivity contribution in [2.24, 2.45) is 5.92 Å². The molecule has 1 amide bonds. The van der Waals surface area contributed by atoms with Gasteiger partial charge in [-0.1, -0.05) is 47.3 Å². The molecule has 1 aromatic rings. The van der Waals surface area contributed by atoms with Crippen molar-refractivity contribution in [3.05, 3.63) is 33.8 Å². The van der Waals surface area contributed by atoms with Gasteiger partial charge in [-0.05, 0) is 51.7 Å². The van der Waals surface area contributed by atoms with E-state index in [2.05, 4.69) is 15.9 Å². The van der Waals surface area contributed by atoms with Crippen molar-refractivity contribution in [1.82, 2.24) is 4.90 Å². The highest BCUT2D eigenvalue weighted by atomic mass is 79.9. The Balaban J connectivity index is 1.88. The van der Waals surface area contributed by atoms with Crippen LogP contribution in [0.25, 0.3) is 0 Å². The summed E-state index contributed by atoms with van der Waals surface area (Å²) in [4.78, 5) is 27.8. The zero-order valence-corrected chi connectivity index (χ0v) is 17.5. The van der Waals surface area contributed by atoms with Crippen molar-refractivity contribution in [2.45, 2.75) is 70.9 Å². The summed E-state index contributed by atoms with van der Waals surface area (Å²) in [6.45, 7) is 6.33. The van der Waals surface area contributed by atoms with Gasteiger partial charge in [-0.3, -0.25) is 4.79 Å². The molecule has 1 saturated heterocycles. The molecule has 0 aromatic heterocycles. The molecule has 1 aliphatic heterocycles. The number of Topliss-reactive ketones (excluding diaryl/α,β-unsaturated/α-hetero) is 1. The van der Waals surface area contributed by atoms with Gasteiger partial charge < -0.3 is 9.64 Å². The third-order valence-electron chi connectivity index (χ3n) is 5.29. The smallest absolute Gasteiger partial charge is 0.410 e. The van der Waals surface area contributed by atoms with E-state index in [9.17, 15) is 9.59 Å². The SMILES string of the molecule is CC(C)(C)OC(=O)N1CCCCCCC1C1Cc2c(Br)cccc2C1=O. The third kappa shape index (κ3) is 4.13. The number of carbonyl (C=O) groups excluding carboxylic acids is 2. The van der Waals surface area contributed by atoms with E-state index in [0.29, 0.717) is 13.0 Å². The molecule has 2 aliphatic rings. The normalized spacial score (nSPS) is 24.0. The lowest BCUT2D eigenvalue weighted by Gasteiger charge is -2.37. The molecule has 1 aromatic carbocycles. The number of nitrogens with zero attached hydrogens (tertiary/aromatic N) is 1. The molecule has 26 heavy (non-hydrogen) atoms. The van der Waals surface area contributed by atoms with Crippen LogP contribution in [0, 0.1) is 5.92 Å². The van der Waals surface area contributed by atoms with Gasteiger partial charge in [0.15, 0.2) is 5.78 Å². The molecule has 0 saturated carbocycles. The van der Waals surface area contributed by atoms with Gasteiger partial charge in [0.1, 0.15) is 5.60 Å². The Labute approximate surface area is 164 Å². The average molecular weight is 422 g/mol. The van der Waals surface area contributed by atoms with Crippen molar-refractivity contribution in [3.8, 4) is 0 Å². The molecule has 3 rings (SSSR count). The molecule has 4 nitrogen and oxygen atoms in total. The molecular formula is C21H28BrNO3. The molecule has 142 valence electrons. The van der Waals surface area contributed by atoms with Gasteiger partial charge in [0.2, 0.25) is 0 Å². The average Bonchev–Trinajstić information content (AvgIpc) is 2.84. The number of benzene rings is 1. The second-order valence-corrected chi connectivity index (χ2v) is 9.24. The van der Waals surface area contributed by atoms with Crippen molar-refractivity contribution in [3.63, 3.8) is 0 Å². The number of hydrogen-bond donors (Lipinski definition) is 0. The van der Waals surface area contributed by atoms with Gasteiger partial charge >= 0.3 is 6.09 Å². The summed E-state index contributed by atoms with van der Waals surface area (Å²) < 4.78 is 6.65. The van der Waals surface area contributed by atoms with Gasteiger partial charge in [-0.15, -0.1) is 0 Å². The van der Waals surface area contributed by atoms with Gasteiger partial charge in [0.05, 0.1) is 0 Å². The Morgan fingerprint density at radius 1 is 1.19 bits per heavy atom. The van der Waals surface area contributed by atoms with E-state index < -0.39 is 5.60 Å². The Morgan fingerprint density at radius 2 is 1.92 bits per heavy atom. The van der Waals surface area contributed by atoms with Gasteiger partial charge in [0.25, 0.3) is 0 Å².